The lowest BCUT2D eigenvalue weighted by molar-refractivity contribution is -0.274. The van der Waals surface area contributed by atoms with Gasteiger partial charge in [-0.3, -0.25) is 0 Å². The SMILES string of the molecule is CC(C)C1CCC(Nc2ccc(OC(F)(F)F)cc2)CC1. The van der Waals surface area contributed by atoms with Crippen molar-refractivity contribution in [1.82, 2.24) is 0 Å². The van der Waals surface area contributed by atoms with Crippen LogP contribution in [0.3, 0.4) is 0 Å². The summed E-state index contributed by atoms with van der Waals surface area (Å²) in [6.45, 7) is 4.52. The summed E-state index contributed by atoms with van der Waals surface area (Å²) in [7, 11) is 0. The molecule has 0 radical (unpaired) electrons. The van der Waals surface area contributed by atoms with Crippen LogP contribution in [-0.2, 0) is 0 Å². The topological polar surface area (TPSA) is 21.3 Å². The fourth-order valence-corrected chi connectivity index (χ4v) is 2.92. The summed E-state index contributed by atoms with van der Waals surface area (Å²) in [5.74, 6) is 1.34. The Balaban J connectivity index is 1.84. The third-order valence-electron chi connectivity index (χ3n) is 4.17. The van der Waals surface area contributed by atoms with Gasteiger partial charge >= 0.3 is 6.36 Å². The largest absolute Gasteiger partial charge is 0.573 e. The van der Waals surface area contributed by atoms with Gasteiger partial charge in [-0.05, 0) is 61.8 Å². The van der Waals surface area contributed by atoms with Crippen molar-refractivity contribution in [3.8, 4) is 5.75 Å². The third kappa shape index (κ3) is 5.14. The minimum Gasteiger partial charge on any atom is -0.406 e. The van der Waals surface area contributed by atoms with Gasteiger partial charge < -0.3 is 10.1 Å². The minimum atomic E-state index is -4.63. The molecular formula is C16H22F3NO. The Morgan fingerprint density at radius 1 is 1.05 bits per heavy atom. The molecule has 5 heteroatoms. The molecule has 1 fully saturated rings. The number of halogens is 3. The van der Waals surface area contributed by atoms with Gasteiger partial charge in [0, 0.05) is 11.7 Å². The number of anilines is 1. The van der Waals surface area contributed by atoms with Crippen LogP contribution in [0, 0.1) is 11.8 Å². The molecule has 0 aliphatic heterocycles. The molecule has 0 heterocycles. The highest BCUT2D eigenvalue weighted by Crippen LogP contribution is 2.31. The zero-order valence-corrected chi connectivity index (χ0v) is 12.4. The van der Waals surface area contributed by atoms with Gasteiger partial charge in [-0.1, -0.05) is 13.8 Å². The monoisotopic (exact) mass is 301 g/mol. The van der Waals surface area contributed by atoms with E-state index in [2.05, 4.69) is 23.9 Å². The molecule has 2 nitrogen and oxygen atoms in total. The van der Waals surface area contributed by atoms with Gasteiger partial charge in [-0.2, -0.15) is 0 Å². The molecule has 1 saturated carbocycles. The van der Waals surface area contributed by atoms with Crippen molar-refractivity contribution in [3.63, 3.8) is 0 Å². The van der Waals surface area contributed by atoms with Crippen LogP contribution in [0.4, 0.5) is 18.9 Å². The van der Waals surface area contributed by atoms with Crippen molar-refractivity contribution in [2.24, 2.45) is 11.8 Å². The average Bonchev–Trinajstić information content (AvgIpc) is 2.40. The van der Waals surface area contributed by atoms with Crippen LogP contribution in [0.5, 0.6) is 5.75 Å². The van der Waals surface area contributed by atoms with Crippen molar-refractivity contribution >= 4 is 5.69 Å². The standard InChI is InChI=1S/C16H22F3NO/c1-11(2)12-3-5-13(6-4-12)20-14-7-9-15(10-8-14)21-16(17,18)19/h7-13,20H,3-6H2,1-2H3. The zero-order chi connectivity index (χ0) is 15.5. The first-order valence-corrected chi connectivity index (χ1v) is 7.46. The summed E-state index contributed by atoms with van der Waals surface area (Å²) in [4.78, 5) is 0. The molecular weight excluding hydrogens is 279 g/mol. The number of hydrogen-bond donors (Lipinski definition) is 1. The number of benzene rings is 1. The quantitative estimate of drug-likeness (QED) is 0.824. The van der Waals surface area contributed by atoms with Crippen LogP contribution >= 0.6 is 0 Å². The lowest BCUT2D eigenvalue weighted by atomic mass is 9.79. The van der Waals surface area contributed by atoms with Crippen LogP contribution in [0.1, 0.15) is 39.5 Å². The first-order valence-electron chi connectivity index (χ1n) is 7.46. The second-order valence-corrected chi connectivity index (χ2v) is 6.07. The summed E-state index contributed by atoms with van der Waals surface area (Å²) >= 11 is 0. The van der Waals surface area contributed by atoms with E-state index in [0.29, 0.717) is 6.04 Å². The van der Waals surface area contributed by atoms with E-state index in [-0.39, 0.29) is 5.75 Å². The molecule has 1 aromatic rings. The highest BCUT2D eigenvalue weighted by molar-refractivity contribution is 5.47. The summed E-state index contributed by atoms with van der Waals surface area (Å²) in [5, 5.41) is 3.39. The van der Waals surface area contributed by atoms with Crippen molar-refractivity contribution in [2.75, 3.05) is 5.32 Å². The van der Waals surface area contributed by atoms with Crippen LogP contribution in [0.15, 0.2) is 24.3 Å². The second-order valence-electron chi connectivity index (χ2n) is 6.07. The fourth-order valence-electron chi connectivity index (χ4n) is 2.92. The summed E-state index contributed by atoms with van der Waals surface area (Å²) in [6.07, 6.45) is 0.0205. The Labute approximate surface area is 123 Å². The number of ether oxygens (including phenoxy) is 1. The predicted molar refractivity (Wildman–Crippen MR) is 77.3 cm³/mol. The molecule has 0 unspecified atom stereocenters. The molecule has 2 rings (SSSR count). The molecule has 0 amide bonds. The first-order chi connectivity index (χ1) is 9.83. The normalized spacial score (nSPS) is 23.1. The minimum absolute atomic E-state index is 0.184. The molecule has 0 atom stereocenters. The molecule has 0 saturated heterocycles. The molecule has 1 aliphatic carbocycles. The van der Waals surface area contributed by atoms with Crippen molar-refractivity contribution in [3.05, 3.63) is 24.3 Å². The first kappa shape index (κ1) is 16.0. The predicted octanol–water partition coefficient (Wildman–Crippen LogP) is 5.21. The van der Waals surface area contributed by atoms with Crippen molar-refractivity contribution < 1.29 is 17.9 Å². The van der Waals surface area contributed by atoms with Gasteiger partial charge in [-0.15, -0.1) is 13.2 Å². The van der Waals surface area contributed by atoms with E-state index in [9.17, 15) is 13.2 Å². The molecule has 1 aromatic carbocycles. The van der Waals surface area contributed by atoms with Gasteiger partial charge in [0.05, 0.1) is 0 Å². The van der Waals surface area contributed by atoms with Gasteiger partial charge in [0.2, 0.25) is 0 Å². The van der Waals surface area contributed by atoms with Crippen molar-refractivity contribution in [1.29, 1.82) is 0 Å². The molecule has 0 aromatic heterocycles. The number of alkyl halides is 3. The summed E-state index contributed by atoms with van der Waals surface area (Å²) in [5.41, 5.74) is 0.845. The van der Waals surface area contributed by atoms with E-state index in [1.54, 1.807) is 12.1 Å². The number of hydrogen-bond acceptors (Lipinski definition) is 2. The molecule has 21 heavy (non-hydrogen) atoms. The maximum absolute atomic E-state index is 12.1. The van der Waals surface area contributed by atoms with Gasteiger partial charge in [0.25, 0.3) is 0 Å². The van der Waals surface area contributed by atoms with E-state index >= 15 is 0 Å². The van der Waals surface area contributed by atoms with Crippen LogP contribution in [0.25, 0.3) is 0 Å². The lowest BCUT2D eigenvalue weighted by Crippen LogP contribution is -2.27. The Morgan fingerprint density at radius 3 is 2.10 bits per heavy atom. The van der Waals surface area contributed by atoms with Crippen LogP contribution in [0.2, 0.25) is 0 Å². The number of rotatable bonds is 4. The lowest BCUT2D eigenvalue weighted by Gasteiger charge is -2.31. The second kappa shape index (κ2) is 6.58. The third-order valence-corrected chi connectivity index (χ3v) is 4.17. The Bertz CT molecular complexity index is 434. The molecule has 118 valence electrons. The van der Waals surface area contributed by atoms with Crippen molar-refractivity contribution in [2.45, 2.75) is 51.9 Å². The van der Waals surface area contributed by atoms with Gasteiger partial charge in [0.1, 0.15) is 5.75 Å². The van der Waals surface area contributed by atoms with E-state index in [0.717, 1.165) is 30.4 Å². The van der Waals surface area contributed by atoms with E-state index in [4.69, 9.17) is 0 Å². The summed E-state index contributed by atoms with van der Waals surface area (Å²) in [6, 6.07) is 6.37. The molecule has 0 bridgehead atoms. The Morgan fingerprint density at radius 2 is 1.62 bits per heavy atom. The van der Waals surface area contributed by atoms with E-state index in [1.165, 1.54) is 25.0 Å². The fraction of sp³-hybridized carbons (Fsp3) is 0.625. The smallest absolute Gasteiger partial charge is 0.406 e. The zero-order valence-electron chi connectivity index (χ0n) is 12.4. The molecule has 1 aliphatic rings. The molecule has 1 N–H and O–H groups in total. The Hall–Kier alpha value is -1.39. The Kier molecular flexibility index (Phi) is 5.01. The average molecular weight is 301 g/mol. The maximum Gasteiger partial charge on any atom is 0.573 e. The summed E-state index contributed by atoms with van der Waals surface area (Å²) < 4.78 is 40.1. The highest BCUT2D eigenvalue weighted by atomic mass is 19.4. The van der Waals surface area contributed by atoms with Crippen LogP contribution < -0.4 is 10.1 Å². The number of nitrogens with one attached hydrogen (secondary N) is 1. The van der Waals surface area contributed by atoms with Gasteiger partial charge in [-0.25, -0.2) is 0 Å². The molecule has 0 spiro atoms. The maximum atomic E-state index is 12.1. The van der Waals surface area contributed by atoms with E-state index in [1.807, 2.05) is 0 Å². The van der Waals surface area contributed by atoms with Crippen LogP contribution in [-0.4, -0.2) is 12.4 Å². The van der Waals surface area contributed by atoms with E-state index < -0.39 is 6.36 Å². The highest BCUT2D eigenvalue weighted by Gasteiger charge is 2.31. The van der Waals surface area contributed by atoms with Gasteiger partial charge in [0.15, 0.2) is 0 Å².